The molecule has 0 radical (unpaired) electrons. The number of phenolic OH excluding ortho intramolecular Hbond substituents is 1. The predicted octanol–water partition coefficient (Wildman–Crippen LogP) is 3.69. The highest BCUT2D eigenvalue weighted by Gasteiger charge is 2.25. The molecular formula is C23H26ClN3O4. The molecule has 0 fully saturated rings. The number of hydrogen-bond acceptors (Lipinski definition) is 5. The molecule has 0 saturated heterocycles. The summed E-state index contributed by atoms with van der Waals surface area (Å²) in [6, 6.07) is 9.11. The van der Waals surface area contributed by atoms with Crippen LogP contribution in [0, 0.1) is 5.92 Å². The number of phenols is 1. The van der Waals surface area contributed by atoms with E-state index in [-0.39, 0.29) is 17.2 Å². The van der Waals surface area contributed by atoms with Gasteiger partial charge in [0.15, 0.2) is 11.5 Å². The third-order valence-electron chi connectivity index (χ3n) is 4.50. The highest BCUT2D eigenvalue weighted by atomic mass is 35.5. The van der Waals surface area contributed by atoms with Crippen LogP contribution >= 0.6 is 11.6 Å². The molecule has 0 saturated carbocycles. The van der Waals surface area contributed by atoms with Crippen LogP contribution in [0.2, 0.25) is 5.02 Å². The number of ether oxygens (including phenoxy) is 1. The number of methoxy groups -OCH3 is 1. The molecule has 2 aromatic carbocycles. The summed E-state index contributed by atoms with van der Waals surface area (Å²) < 4.78 is 5.17. The molecule has 31 heavy (non-hydrogen) atoms. The molecular weight excluding hydrogens is 418 g/mol. The maximum atomic E-state index is 12.6. The summed E-state index contributed by atoms with van der Waals surface area (Å²) in [7, 11) is 1.45. The SMILES string of the molecule is C=CCc1cc(C=NNC(=O)C(NC(=O)c2ccccc2Cl)C(C)C)cc(OC)c1O. The molecule has 1 unspecified atom stereocenters. The van der Waals surface area contributed by atoms with Crippen LogP contribution in [0.3, 0.4) is 0 Å². The maximum Gasteiger partial charge on any atom is 0.262 e. The Hall–Kier alpha value is -3.32. The quantitative estimate of drug-likeness (QED) is 0.312. The van der Waals surface area contributed by atoms with Crippen LogP contribution in [-0.2, 0) is 11.2 Å². The molecule has 2 amide bonds. The van der Waals surface area contributed by atoms with Crippen molar-refractivity contribution in [2.24, 2.45) is 11.0 Å². The lowest BCUT2D eigenvalue weighted by atomic mass is 10.0. The minimum Gasteiger partial charge on any atom is -0.504 e. The number of carbonyl (C=O) groups excluding carboxylic acids is 2. The van der Waals surface area contributed by atoms with E-state index >= 15 is 0 Å². The maximum absolute atomic E-state index is 12.6. The number of nitrogens with one attached hydrogen (secondary N) is 2. The molecule has 0 aliphatic heterocycles. The van der Waals surface area contributed by atoms with E-state index in [1.165, 1.54) is 13.3 Å². The van der Waals surface area contributed by atoms with Crippen LogP contribution in [0.5, 0.6) is 11.5 Å². The minimum atomic E-state index is -0.813. The molecule has 1 atom stereocenters. The lowest BCUT2D eigenvalue weighted by Gasteiger charge is -2.20. The fraction of sp³-hybridized carbons (Fsp3) is 0.261. The Labute approximate surface area is 186 Å². The van der Waals surface area contributed by atoms with Gasteiger partial charge in [-0.25, -0.2) is 5.43 Å². The van der Waals surface area contributed by atoms with E-state index in [2.05, 4.69) is 22.4 Å². The summed E-state index contributed by atoms with van der Waals surface area (Å²) in [5.74, 6) is -0.774. The molecule has 0 spiro atoms. The summed E-state index contributed by atoms with van der Waals surface area (Å²) in [4.78, 5) is 25.1. The average Bonchev–Trinajstić information content (AvgIpc) is 2.74. The highest BCUT2D eigenvalue weighted by molar-refractivity contribution is 6.33. The Morgan fingerprint density at radius 1 is 1.29 bits per heavy atom. The molecule has 164 valence electrons. The molecule has 0 aliphatic rings. The summed E-state index contributed by atoms with van der Waals surface area (Å²) in [6.07, 6.45) is 3.53. The Balaban J connectivity index is 2.12. The van der Waals surface area contributed by atoms with E-state index in [0.717, 1.165) is 0 Å². The van der Waals surface area contributed by atoms with E-state index in [1.54, 1.807) is 42.5 Å². The lowest BCUT2D eigenvalue weighted by molar-refractivity contribution is -0.123. The molecule has 2 rings (SSSR count). The predicted molar refractivity (Wildman–Crippen MR) is 122 cm³/mol. The normalized spacial score (nSPS) is 11.9. The zero-order valence-corrected chi connectivity index (χ0v) is 18.4. The molecule has 7 nitrogen and oxygen atoms in total. The first kappa shape index (κ1) is 24.0. The van der Waals surface area contributed by atoms with Crippen molar-refractivity contribution in [3.63, 3.8) is 0 Å². The van der Waals surface area contributed by atoms with Gasteiger partial charge in [-0.15, -0.1) is 6.58 Å². The van der Waals surface area contributed by atoms with Crippen molar-refractivity contribution in [3.05, 3.63) is 70.8 Å². The number of allylic oxidation sites excluding steroid dienone is 1. The zero-order valence-electron chi connectivity index (χ0n) is 17.7. The second-order valence-corrected chi connectivity index (χ2v) is 7.54. The van der Waals surface area contributed by atoms with Gasteiger partial charge in [0.25, 0.3) is 11.8 Å². The zero-order chi connectivity index (χ0) is 23.0. The molecule has 3 N–H and O–H groups in total. The van der Waals surface area contributed by atoms with Crippen molar-refractivity contribution in [2.45, 2.75) is 26.3 Å². The van der Waals surface area contributed by atoms with Gasteiger partial charge in [0, 0.05) is 5.56 Å². The van der Waals surface area contributed by atoms with Crippen LogP contribution in [0.15, 0.2) is 54.2 Å². The van der Waals surface area contributed by atoms with Gasteiger partial charge in [-0.3, -0.25) is 9.59 Å². The number of nitrogens with zero attached hydrogens (tertiary/aromatic N) is 1. The highest BCUT2D eigenvalue weighted by Crippen LogP contribution is 2.31. The van der Waals surface area contributed by atoms with Crippen molar-refractivity contribution < 1.29 is 19.4 Å². The number of halogens is 1. The summed E-state index contributed by atoms with van der Waals surface area (Å²) in [6.45, 7) is 7.29. The number of benzene rings is 2. The van der Waals surface area contributed by atoms with Crippen LogP contribution in [0.4, 0.5) is 0 Å². The smallest absolute Gasteiger partial charge is 0.262 e. The molecule has 0 bridgehead atoms. The van der Waals surface area contributed by atoms with Crippen LogP contribution in [-0.4, -0.2) is 36.3 Å². The minimum absolute atomic E-state index is 0.0331. The van der Waals surface area contributed by atoms with E-state index in [4.69, 9.17) is 16.3 Å². The van der Waals surface area contributed by atoms with Gasteiger partial charge >= 0.3 is 0 Å². The largest absolute Gasteiger partial charge is 0.504 e. The van der Waals surface area contributed by atoms with Gasteiger partial charge in [-0.1, -0.05) is 43.7 Å². The number of rotatable bonds is 9. The van der Waals surface area contributed by atoms with Crippen molar-refractivity contribution >= 4 is 29.6 Å². The number of hydrogen-bond donors (Lipinski definition) is 3. The molecule has 0 aromatic heterocycles. The van der Waals surface area contributed by atoms with Gasteiger partial charge in [-0.2, -0.15) is 5.10 Å². The van der Waals surface area contributed by atoms with E-state index in [0.29, 0.717) is 28.3 Å². The van der Waals surface area contributed by atoms with E-state index in [1.807, 2.05) is 13.8 Å². The number of hydrazone groups is 1. The van der Waals surface area contributed by atoms with Gasteiger partial charge in [0.2, 0.25) is 0 Å². The first-order chi connectivity index (χ1) is 14.8. The van der Waals surface area contributed by atoms with E-state index < -0.39 is 17.9 Å². The van der Waals surface area contributed by atoms with Gasteiger partial charge in [0.05, 0.1) is 23.9 Å². The molecule has 2 aromatic rings. The van der Waals surface area contributed by atoms with Crippen LogP contribution < -0.4 is 15.5 Å². The lowest BCUT2D eigenvalue weighted by Crippen LogP contribution is -2.48. The fourth-order valence-corrected chi connectivity index (χ4v) is 3.09. The Morgan fingerprint density at radius 3 is 2.61 bits per heavy atom. The molecule has 0 aliphatic carbocycles. The fourth-order valence-electron chi connectivity index (χ4n) is 2.87. The van der Waals surface area contributed by atoms with Gasteiger partial charge < -0.3 is 15.2 Å². The Bertz CT molecular complexity index is 989. The Morgan fingerprint density at radius 2 is 2.00 bits per heavy atom. The second kappa shape index (κ2) is 11.2. The molecule has 8 heteroatoms. The average molecular weight is 444 g/mol. The number of aromatic hydroxyl groups is 1. The topological polar surface area (TPSA) is 100 Å². The van der Waals surface area contributed by atoms with Crippen LogP contribution in [0.25, 0.3) is 0 Å². The van der Waals surface area contributed by atoms with Crippen LogP contribution in [0.1, 0.15) is 35.3 Å². The number of amides is 2. The summed E-state index contributed by atoms with van der Waals surface area (Å²) in [5.41, 5.74) is 3.97. The van der Waals surface area contributed by atoms with Gasteiger partial charge in [0.1, 0.15) is 6.04 Å². The van der Waals surface area contributed by atoms with Crippen molar-refractivity contribution in [2.75, 3.05) is 7.11 Å². The third-order valence-corrected chi connectivity index (χ3v) is 4.83. The van der Waals surface area contributed by atoms with E-state index in [9.17, 15) is 14.7 Å². The monoisotopic (exact) mass is 443 g/mol. The van der Waals surface area contributed by atoms with Crippen molar-refractivity contribution in [1.82, 2.24) is 10.7 Å². The Kier molecular flexibility index (Phi) is 8.63. The number of carbonyl (C=O) groups is 2. The third kappa shape index (κ3) is 6.33. The first-order valence-corrected chi connectivity index (χ1v) is 10.0. The molecule has 0 heterocycles. The summed E-state index contributed by atoms with van der Waals surface area (Å²) >= 11 is 6.07. The van der Waals surface area contributed by atoms with Crippen molar-refractivity contribution in [3.8, 4) is 11.5 Å². The van der Waals surface area contributed by atoms with Crippen molar-refractivity contribution in [1.29, 1.82) is 0 Å². The standard InChI is InChI=1S/C23H26ClN3O4/c1-5-8-16-11-15(12-19(31-4)21(16)28)13-25-27-23(30)20(14(2)3)26-22(29)17-9-6-7-10-18(17)24/h5-7,9-14,20,28H,1,8H2,2-4H3,(H,26,29)(H,27,30). The summed E-state index contributed by atoms with van der Waals surface area (Å²) in [5, 5.41) is 17.1. The second-order valence-electron chi connectivity index (χ2n) is 7.13. The van der Waals surface area contributed by atoms with Gasteiger partial charge in [-0.05, 0) is 42.2 Å². The first-order valence-electron chi connectivity index (χ1n) is 9.67.